The first-order valence-electron chi connectivity index (χ1n) is 5.45. The van der Waals surface area contributed by atoms with E-state index in [9.17, 15) is 4.79 Å². The van der Waals surface area contributed by atoms with Gasteiger partial charge in [0.1, 0.15) is 0 Å². The van der Waals surface area contributed by atoms with Crippen LogP contribution in [0, 0.1) is 6.92 Å². The molecular formula is C13H13BrN2O. The highest BCUT2D eigenvalue weighted by Gasteiger charge is 1.99. The largest absolute Gasteiger partial charge is 0.345 e. The lowest BCUT2D eigenvalue weighted by atomic mass is 10.1. The molecule has 2 rings (SSSR count). The van der Waals surface area contributed by atoms with Crippen molar-refractivity contribution < 1.29 is 0 Å². The summed E-state index contributed by atoms with van der Waals surface area (Å²) in [5, 5.41) is 0. The number of halogens is 1. The van der Waals surface area contributed by atoms with Crippen molar-refractivity contribution >= 4 is 15.9 Å². The van der Waals surface area contributed by atoms with Crippen LogP contribution in [-0.4, -0.2) is 9.97 Å². The van der Waals surface area contributed by atoms with E-state index >= 15 is 0 Å². The molecule has 1 aromatic carbocycles. The highest BCUT2D eigenvalue weighted by molar-refractivity contribution is 9.10. The molecule has 0 amide bonds. The molecular weight excluding hydrogens is 280 g/mol. The third-order valence-electron chi connectivity index (χ3n) is 2.52. The standard InChI is InChI=1S/C13H13BrN2O/c1-9-8-12(16-13(17)15-9)7-4-10-2-5-11(14)6-3-10/h2-3,5-6,8H,4,7H2,1H3,(H,15,16,17). The van der Waals surface area contributed by atoms with Crippen LogP contribution in [0.5, 0.6) is 0 Å². The lowest BCUT2D eigenvalue weighted by molar-refractivity contribution is 0.870. The summed E-state index contributed by atoms with van der Waals surface area (Å²) in [6.45, 7) is 1.87. The molecule has 1 aromatic heterocycles. The number of hydrogen-bond donors (Lipinski definition) is 1. The number of aromatic amines is 1. The van der Waals surface area contributed by atoms with Crippen LogP contribution in [-0.2, 0) is 12.8 Å². The van der Waals surface area contributed by atoms with Gasteiger partial charge in [-0.15, -0.1) is 0 Å². The van der Waals surface area contributed by atoms with Gasteiger partial charge in [0.25, 0.3) is 0 Å². The van der Waals surface area contributed by atoms with Crippen molar-refractivity contribution in [3.8, 4) is 0 Å². The summed E-state index contributed by atoms with van der Waals surface area (Å²) in [5.74, 6) is 0. The fraction of sp³-hybridized carbons (Fsp3) is 0.231. The van der Waals surface area contributed by atoms with Crippen molar-refractivity contribution in [3.05, 3.63) is 62.2 Å². The van der Waals surface area contributed by atoms with Crippen molar-refractivity contribution in [2.75, 3.05) is 0 Å². The molecule has 0 spiro atoms. The predicted molar refractivity (Wildman–Crippen MR) is 71.1 cm³/mol. The van der Waals surface area contributed by atoms with Crippen molar-refractivity contribution in [1.82, 2.24) is 9.97 Å². The Hall–Kier alpha value is -1.42. The van der Waals surface area contributed by atoms with Gasteiger partial charge in [-0.1, -0.05) is 28.1 Å². The highest BCUT2D eigenvalue weighted by Crippen LogP contribution is 2.12. The molecule has 1 heterocycles. The lowest BCUT2D eigenvalue weighted by Crippen LogP contribution is -2.14. The quantitative estimate of drug-likeness (QED) is 0.945. The summed E-state index contributed by atoms with van der Waals surface area (Å²) in [4.78, 5) is 17.8. The van der Waals surface area contributed by atoms with Crippen molar-refractivity contribution in [3.63, 3.8) is 0 Å². The van der Waals surface area contributed by atoms with Crippen LogP contribution in [0.2, 0.25) is 0 Å². The Morgan fingerprint density at radius 3 is 2.59 bits per heavy atom. The minimum absolute atomic E-state index is 0.268. The molecule has 0 fully saturated rings. The van der Waals surface area contributed by atoms with Gasteiger partial charge in [-0.05, 0) is 43.5 Å². The van der Waals surface area contributed by atoms with E-state index in [1.165, 1.54) is 5.56 Å². The number of benzene rings is 1. The van der Waals surface area contributed by atoms with Gasteiger partial charge < -0.3 is 4.98 Å². The maximum absolute atomic E-state index is 11.2. The number of hydrogen-bond acceptors (Lipinski definition) is 2. The van der Waals surface area contributed by atoms with E-state index in [1.807, 2.05) is 25.1 Å². The third-order valence-corrected chi connectivity index (χ3v) is 3.04. The topological polar surface area (TPSA) is 45.8 Å². The second-order valence-electron chi connectivity index (χ2n) is 3.99. The van der Waals surface area contributed by atoms with Gasteiger partial charge in [0.15, 0.2) is 0 Å². The minimum Gasteiger partial charge on any atom is -0.310 e. The first kappa shape index (κ1) is 12.0. The Balaban J connectivity index is 2.07. The van der Waals surface area contributed by atoms with E-state index in [4.69, 9.17) is 0 Å². The molecule has 17 heavy (non-hydrogen) atoms. The summed E-state index contributed by atoms with van der Waals surface area (Å²) in [6, 6.07) is 10.1. The highest BCUT2D eigenvalue weighted by atomic mass is 79.9. The molecule has 3 nitrogen and oxygen atoms in total. The van der Waals surface area contributed by atoms with Crippen LogP contribution in [0.3, 0.4) is 0 Å². The fourth-order valence-electron chi connectivity index (χ4n) is 1.70. The van der Waals surface area contributed by atoms with Gasteiger partial charge in [-0.2, -0.15) is 4.98 Å². The van der Waals surface area contributed by atoms with Gasteiger partial charge in [0, 0.05) is 15.9 Å². The van der Waals surface area contributed by atoms with E-state index in [0.717, 1.165) is 28.7 Å². The minimum atomic E-state index is -0.268. The number of nitrogens with one attached hydrogen (secondary N) is 1. The molecule has 0 aliphatic heterocycles. The molecule has 4 heteroatoms. The Morgan fingerprint density at radius 1 is 1.24 bits per heavy atom. The van der Waals surface area contributed by atoms with Gasteiger partial charge in [0.2, 0.25) is 0 Å². The molecule has 0 unspecified atom stereocenters. The zero-order chi connectivity index (χ0) is 12.3. The Kier molecular flexibility index (Phi) is 3.74. The first-order valence-corrected chi connectivity index (χ1v) is 6.24. The van der Waals surface area contributed by atoms with Crippen LogP contribution >= 0.6 is 15.9 Å². The van der Waals surface area contributed by atoms with E-state index in [1.54, 1.807) is 0 Å². The number of H-pyrrole nitrogens is 1. The second-order valence-corrected chi connectivity index (χ2v) is 4.90. The van der Waals surface area contributed by atoms with E-state index in [0.29, 0.717) is 0 Å². The normalized spacial score (nSPS) is 10.5. The molecule has 2 aromatic rings. The number of aromatic nitrogens is 2. The Morgan fingerprint density at radius 2 is 1.94 bits per heavy atom. The van der Waals surface area contributed by atoms with Crippen molar-refractivity contribution in [2.45, 2.75) is 19.8 Å². The summed E-state index contributed by atoms with van der Waals surface area (Å²) in [5.41, 5.74) is 2.67. The molecule has 0 radical (unpaired) electrons. The number of aryl methyl sites for hydroxylation is 3. The zero-order valence-corrected chi connectivity index (χ0v) is 11.1. The molecule has 0 saturated heterocycles. The summed E-state index contributed by atoms with van der Waals surface area (Å²) >= 11 is 3.40. The van der Waals surface area contributed by atoms with Gasteiger partial charge >= 0.3 is 5.69 Å². The monoisotopic (exact) mass is 292 g/mol. The van der Waals surface area contributed by atoms with Gasteiger partial charge in [-0.3, -0.25) is 0 Å². The van der Waals surface area contributed by atoms with E-state index < -0.39 is 0 Å². The van der Waals surface area contributed by atoms with Gasteiger partial charge in [0.05, 0.1) is 0 Å². The lowest BCUT2D eigenvalue weighted by Gasteiger charge is -2.02. The van der Waals surface area contributed by atoms with Crippen LogP contribution in [0.25, 0.3) is 0 Å². The third kappa shape index (κ3) is 3.53. The van der Waals surface area contributed by atoms with Crippen molar-refractivity contribution in [2.24, 2.45) is 0 Å². The second kappa shape index (κ2) is 5.27. The summed E-state index contributed by atoms with van der Waals surface area (Å²) < 4.78 is 1.08. The van der Waals surface area contributed by atoms with Crippen LogP contribution in [0.15, 0.2) is 39.6 Å². The molecule has 0 aliphatic rings. The first-order chi connectivity index (χ1) is 8.13. The Labute approximate surface area is 108 Å². The number of rotatable bonds is 3. The van der Waals surface area contributed by atoms with Crippen LogP contribution in [0.4, 0.5) is 0 Å². The molecule has 0 saturated carbocycles. The fourth-order valence-corrected chi connectivity index (χ4v) is 1.96. The van der Waals surface area contributed by atoms with E-state index in [-0.39, 0.29) is 5.69 Å². The molecule has 0 bridgehead atoms. The maximum atomic E-state index is 11.2. The maximum Gasteiger partial charge on any atom is 0.345 e. The van der Waals surface area contributed by atoms with Gasteiger partial charge in [-0.25, -0.2) is 4.79 Å². The van der Waals surface area contributed by atoms with Crippen LogP contribution in [0.1, 0.15) is 17.0 Å². The number of nitrogens with zero attached hydrogens (tertiary/aromatic N) is 1. The zero-order valence-electron chi connectivity index (χ0n) is 9.53. The molecule has 88 valence electrons. The van der Waals surface area contributed by atoms with Crippen molar-refractivity contribution in [1.29, 1.82) is 0 Å². The molecule has 0 atom stereocenters. The Bertz CT molecular complexity index is 560. The average molecular weight is 293 g/mol. The van der Waals surface area contributed by atoms with Crippen LogP contribution < -0.4 is 5.69 Å². The molecule has 0 aliphatic carbocycles. The SMILES string of the molecule is Cc1cc(CCc2ccc(Br)cc2)nc(=O)[nH]1. The molecule has 1 N–H and O–H groups in total. The average Bonchev–Trinajstić information content (AvgIpc) is 2.27. The summed E-state index contributed by atoms with van der Waals surface area (Å²) in [7, 11) is 0. The predicted octanol–water partition coefficient (Wildman–Crippen LogP) is 2.63. The smallest absolute Gasteiger partial charge is 0.310 e. The van der Waals surface area contributed by atoms with E-state index in [2.05, 4.69) is 38.0 Å². The summed E-state index contributed by atoms with van der Waals surface area (Å²) in [6.07, 6.45) is 1.68.